The quantitative estimate of drug-likeness (QED) is 0.157. The molecule has 2 unspecified atom stereocenters. The summed E-state index contributed by atoms with van der Waals surface area (Å²) < 4.78 is 4.77. The molecular formula is C25H29N7O5Y-2. The van der Waals surface area contributed by atoms with Crippen LogP contribution in [0.5, 0.6) is 5.75 Å². The Bertz CT molecular complexity index is 1290. The van der Waals surface area contributed by atoms with Gasteiger partial charge in [0.2, 0.25) is 5.91 Å². The number of nitrogens with two attached hydrogens (primary N) is 1. The van der Waals surface area contributed by atoms with Crippen LogP contribution in [0.1, 0.15) is 29.4 Å². The van der Waals surface area contributed by atoms with Gasteiger partial charge < -0.3 is 42.2 Å². The third-order valence-corrected chi connectivity index (χ3v) is 5.68. The maximum Gasteiger partial charge on any atom is 0.326 e. The van der Waals surface area contributed by atoms with E-state index in [4.69, 9.17) is 27.3 Å². The minimum absolute atomic E-state index is 0. The zero-order valence-electron chi connectivity index (χ0n) is 20.8. The number of rotatable bonds is 7. The number of nitrogens with zero attached hydrogens (tertiary/aromatic N) is 1. The molecule has 3 aromatic rings. The van der Waals surface area contributed by atoms with Crippen molar-refractivity contribution in [3.05, 3.63) is 71.3 Å². The van der Waals surface area contributed by atoms with E-state index in [0.29, 0.717) is 29.4 Å². The van der Waals surface area contributed by atoms with Crippen LogP contribution in [0.3, 0.4) is 0 Å². The second-order valence-corrected chi connectivity index (χ2v) is 8.17. The van der Waals surface area contributed by atoms with Crippen LogP contribution >= 0.6 is 0 Å². The van der Waals surface area contributed by atoms with Crippen LogP contribution in [-0.2, 0) is 47.0 Å². The molecule has 1 aliphatic rings. The number of aromatic hydroxyl groups is 1. The van der Waals surface area contributed by atoms with E-state index in [2.05, 4.69) is 10.3 Å². The average molecular weight is 596 g/mol. The van der Waals surface area contributed by atoms with Gasteiger partial charge in [-0.05, 0) is 49.7 Å². The zero-order chi connectivity index (χ0) is 27.1. The maximum absolute atomic E-state index is 12.1. The summed E-state index contributed by atoms with van der Waals surface area (Å²) >= 11 is 0. The Labute approximate surface area is 244 Å². The number of ether oxygens (including phenoxy) is 1. The van der Waals surface area contributed by atoms with Crippen molar-refractivity contribution in [3.63, 3.8) is 0 Å². The molecule has 12 nitrogen and oxygen atoms in total. The molecule has 0 saturated carbocycles. The number of benzene rings is 2. The summed E-state index contributed by atoms with van der Waals surface area (Å²) in [6, 6.07) is 12.1. The molecule has 0 bridgehead atoms. The van der Waals surface area contributed by atoms with Crippen LogP contribution in [0, 0.1) is 5.41 Å². The number of nitrogens with one attached hydrogen (secondary N) is 5. The van der Waals surface area contributed by atoms with Gasteiger partial charge in [-0.3, -0.25) is 15.0 Å². The molecule has 1 fully saturated rings. The first-order valence-electron chi connectivity index (χ1n) is 11.6. The fourth-order valence-electron chi connectivity index (χ4n) is 3.72. The number of hydrogen-bond donors (Lipinski definition) is 5. The summed E-state index contributed by atoms with van der Waals surface area (Å²) in [5.41, 5.74) is 22.1. The Kier molecular flexibility index (Phi) is 11.4. The third-order valence-electron chi connectivity index (χ3n) is 5.68. The van der Waals surface area contributed by atoms with Crippen molar-refractivity contribution in [2.45, 2.75) is 25.4 Å². The van der Waals surface area contributed by atoms with Gasteiger partial charge in [-0.1, -0.05) is 18.2 Å². The summed E-state index contributed by atoms with van der Waals surface area (Å²) in [6.07, 6.45) is 0.577. The number of amidine groups is 1. The van der Waals surface area contributed by atoms with Crippen LogP contribution in [0.15, 0.2) is 48.5 Å². The van der Waals surface area contributed by atoms with E-state index in [0.717, 1.165) is 5.69 Å². The van der Waals surface area contributed by atoms with Crippen molar-refractivity contribution in [2.24, 2.45) is 5.73 Å². The number of anilines is 1. The van der Waals surface area contributed by atoms with Crippen molar-refractivity contribution in [1.29, 1.82) is 5.41 Å². The Morgan fingerprint density at radius 2 is 1.92 bits per heavy atom. The van der Waals surface area contributed by atoms with Crippen molar-refractivity contribution in [3.8, 4) is 5.75 Å². The molecule has 1 aliphatic heterocycles. The SMILES string of the molecule is CCOC(=O)C(C[NH-])NC(=O)c1[nH]c2ccccc2c1O.N=C(N)c1ccc(N2CCC([NH-])C2=O)cc1.[Y]. The number of aromatic amines is 1. The minimum Gasteiger partial charge on any atom is -0.675 e. The normalized spacial score (nSPS) is 15.2. The zero-order valence-corrected chi connectivity index (χ0v) is 23.6. The van der Waals surface area contributed by atoms with Crippen LogP contribution < -0.4 is 16.0 Å². The number of esters is 1. The number of carbonyl (C=O) groups is 3. The number of amides is 2. The second-order valence-electron chi connectivity index (χ2n) is 8.17. The summed E-state index contributed by atoms with van der Waals surface area (Å²) in [5.74, 6) is -1.66. The number of hydrogen-bond acceptors (Lipinski definition) is 6. The predicted octanol–water partition coefficient (Wildman–Crippen LogP) is 2.71. The van der Waals surface area contributed by atoms with Gasteiger partial charge in [0.1, 0.15) is 17.6 Å². The largest absolute Gasteiger partial charge is 0.675 e. The fourth-order valence-corrected chi connectivity index (χ4v) is 3.72. The topological polar surface area (TPSA) is 209 Å². The molecular weight excluding hydrogens is 567 g/mol. The molecule has 0 aliphatic carbocycles. The van der Waals surface area contributed by atoms with Gasteiger partial charge in [0.25, 0.3) is 5.91 Å². The molecule has 0 spiro atoms. The average Bonchev–Trinajstić information content (AvgIpc) is 3.41. The van der Waals surface area contributed by atoms with Gasteiger partial charge in [-0.2, -0.15) is 0 Å². The van der Waals surface area contributed by atoms with Gasteiger partial charge in [0.15, 0.2) is 5.75 Å². The van der Waals surface area contributed by atoms with Gasteiger partial charge in [-0.25, -0.2) is 4.79 Å². The molecule has 13 heteroatoms. The molecule has 2 heterocycles. The first-order valence-corrected chi connectivity index (χ1v) is 11.6. The van der Waals surface area contributed by atoms with Crippen LogP contribution in [0.4, 0.5) is 5.69 Å². The van der Waals surface area contributed by atoms with Gasteiger partial charge in [-0.15, -0.1) is 6.54 Å². The number of aromatic nitrogens is 1. The van der Waals surface area contributed by atoms with Crippen molar-refractivity contribution in [1.82, 2.24) is 10.3 Å². The van der Waals surface area contributed by atoms with Gasteiger partial charge in [0.05, 0.1) is 6.61 Å². The minimum atomic E-state index is -1.07. The Hall–Kier alpha value is -3.32. The summed E-state index contributed by atoms with van der Waals surface area (Å²) in [6.45, 7) is 2.06. The Balaban J connectivity index is 0.000000269. The molecule has 38 heavy (non-hydrogen) atoms. The number of H-pyrrole nitrogens is 1. The molecule has 4 rings (SSSR count). The van der Waals surface area contributed by atoms with Gasteiger partial charge in [0, 0.05) is 61.4 Å². The van der Waals surface area contributed by atoms with Crippen molar-refractivity contribution >= 4 is 40.2 Å². The molecule has 2 amide bonds. The molecule has 1 radical (unpaired) electrons. The number of para-hydroxylation sites is 1. The molecule has 2 atom stereocenters. The number of fused-ring (bicyclic) bond motifs is 1. The molecule has 2 aromatic carbocycles. The summed E-state index contributed by atoms with van der Waals surface area (Å²) in [5, 5.41) is 20.2. The standard InChI is InChI=1S/C14H16N3O4.C11H13N4O.Y/c1-2-21-14(20)10(7-15)17-13(19)11-12(18)8-5-3-4-6-9(8)16-11;12-9-5-6-15(11(9)16)8-3-1-7(2-4-8)10(13)14;/h3-6,10,15-16,18H,2,7H2,1H3,(H,17,19);1-4,9,12H,5-6H2,(H3,13,14);/q2*-1;. The third kappa shape index (κ3) is 7.16. The van der Waals surface area contributed by atoms with Gasteiger partial charge >= 0.3 is 5.97 Å². The van der Waals surface area contributed by atoms with Crippen LogP contribution in [0.25, 0.3) is 22.4 Å². The van der Waals surface area contributed by atoms with E-state index < -0.39 is 24.0 Å². The number of nitrogen functional groups attached to an aromatic ring is 1. The van der Waals surface area contributed by atoms with Crippen LogP contribution in [0.2, 0.25) is 0 Å². The molecule has 1 saturated heterocycles. The number of carbonyl (C=O) groups excluding carboxylic acids is 3. The van der Waals surface area contributed by atoms with Crippen LogP contribution in [-0.4, -0.2) is 65.5 Å². The van der Waals surface area contributed by atoms with Crippen molar-refractivity contribution < 1.29 is 56.9 Å². The first kappa shape index (κ1) is 30.9. The van der Waals surface area contributed by atoms with E-state index in [1.807, 2.05) is 0 Å². The van der Waals surface area contributed by atoms with E-state index in [9.17, 15) is 19.5 Å². The smallest absolute Gasteiger partial charge is 0.326 e. The monoisotopic (exact) mass is 596 g/mol. The predicted molar refractivity (Wildman–Crippen MR) is 140 cm³/mol. The second kappa shape index (κ2) is 14.0. The van der Waals surface area contributed by atoms with E-state index >= 15 is 0 Å². The van der Waals surface area contributed by atoms with E-state index in [1.165, 1.54) is 0 Å². The molecule has 1 aromatic heterocycles. The summed E-state index contributed by atoms with van der Waals surface area (Å²) in [7, 11) is 0. The van der Waals surface area contributed by atoms with E-state index in [1.54, 1.807) is 60.4 Å². The fraction of sp³-hybridized carbons (Fsp3) is 0.280. The van der Waals surface area contributed by atoms with Crippen molar-refractivity contribution in [2.75, 3.05) is 24.6 Å². The van der Waals surface area contributed by atoms with E-state index in [-0.39, 0.29) is 69.0 Å². The molecule has 8 N–H and O–H groups in total. The molecule has 199 valence electrons. The Morgan fingerprint density at radius 1 is 1.26 bits per heavy atom. The summed E-state index contributed by atoms with van der Waals surface area (Å²) in [4.78, 5) is 39.7. The first-order chi connectivity index (χ1) is 17.7. The Morgan fingerprint density at radius 3 is 2.45 bits per heavy atom. The maximum atomic E-state index is 12.1.